The van der Waals surface area contributed by atoms with Gasteiger partial charge in [-0.15, -0.1) is 16.4 Å². The highest BCUT2D eigenvalue weighted by Crippen LogP contribution is 2.35. The Kier molecular flexibility index (Phi) is 4.47. The monoisotopic (exact) mass is 369 g/mol. The molecule has 0 N–H and O–H groups in total. The van der Waals surface area contributed by atoms with Gasteiger partial charge in [0, 0.05) is 27.1 Å². The normalized spacial score (nSPS) is 15.5. The molecule has 2 aromatic rings. The number of rotatable bonds is 2. The van der Waals surface area contributed by atoms with Gasteiger partial charge in [-0.3, -0.25) is 0 Å². The van der Waals surface area contributed by atoms with Gasteiger partial charge in [0.15, 0.2) is 0 Å². The molecule has 0 amide bonds. The molecule has 0 fully saturated rings. The van der Waals surface area contributed by atoms with Crippen molar-refractivity contribution in [3.8, 4) is 0 Å². The quantitative estimate of drug-likeness (QED) is 0.745. The lowest BCUT2D eigenvalue weighted by Gasteiger charge is -2.17. The van der Waals surface area contributed by atoms with Crippen molar-refractivity contribution in [1.82, 2.24) is 5.06 Å². The first-order valence-corrected chi connectivity index (χ1v) is 8.58. The summed E-state index contributed by atoms with van der Waals surface area (Å²) in [5.41, 5.74) is 1.38. The topological polar surface area (TPSA) is 38.8 Å². The number of benzene rings is 1. The van der Waals surface area contributed by atoms with Crippen LogP contribution < -0.4 is 0 Å². The highest BCUT2D eigenvalue weighted by molar-refractivity contribution is 9.10. The molecule has 1 aliphatic heterocycles. The van der Waals surface area contributed by atoms with E-state index in [-0.39, 0.29) is 0 Å². The first-order chi connectivity index (χ1) is 10.2. The minimum absolute atomic E-state index is 0.332. The van der Waals surface area contributed by atoms with Gasteiger partial charge in [0.1, 0.15) is 0 Å². The van der Waals surface area contributed by atoms with Gasteiger partial charge in [0.05, 0.1) is 6.61 Å². The van der Waals surface area contributed by atoms with E-state index in [2.05, 4.69) is 34.1 Å². The van der Waals surface area contributed by atoms with Crippen LogP contribution in [0, 0.1) is 0 Å². The van der Waals surface area contributed by atoms with E-state index in [4.69, 9.17) is 9.57 Å². The van der Waals surface area contributed by atoms with Gasteiger partial charge in [0.2, 0.25) is 0 Å². The predicted octanol–water partition coefficient (Wildman–Crippen LogP) is 4.15. The molecule has 0 bridgehead atoms. The molecule has 0 aliphatic carbocycles. The lowest BCUT2D eigenvalue weighted by molar-refractivity contribution is -0.124. The summed E-state index contributed by atoms with van der Waals surface area (Å²) in [6, 6.07) is 6.41. The summed E-state index contributed by atoms with van der Waals surface area (Å²) in [7, 11) is 0. The Morgan fingerprint density at radius 3 is 3.00 bits per heavy atom. The average molecular weight is 370 g/mol. The second-order valence-corrected chi connectivity index (χ2v) is 6.90. The fraction of sp³-hybridized carbons (Fsp3) is 0.400. The van der Waals surface area contributed by atoms with E-state index in [0.717, 1.165) is 17.3 Å². The number of thiophene rings is 1. The summed E-state index contributed by atoms with van der Waals surface area (Å²) in [4.78, 5) is 18.0. The van der Waals surface area contributed by atoms with Crippen LogP contribution in [-0.4, -0.2) is 30.9 Å². The molecule has 0 atom stereocenters. The standard InChI is InChI=1S/C15H16BrNO3S/c1-2-19-15(18)20-17-7-5-11-12-9-10(16)3-4-13(12)21-14(11)6-8-17/h3-4,9H,2,5-8H2,1H3. The van der Waals surface area contributed by atoms with Crippen LogP contribution in [-0.2, 0) is 22.4 Å². The number of carbonyl (C=O) groups is 1. The van der Waals surface area contributed by atoms with E-state index in [1.807, 2.05) is 11.3 Å². The molecule has 0 radical (unpaired) electrons. The second kappa shape index (κ2) is 6.34. The molecular formula is C15H16BrNO3S. The van der Waals surface area contributed by atoms with Crippen LogP contribution in [0.15, 0.2) is 22.7 Å². The van der Waals surface area contributed by atoms with Gasteiger partial charge in [-0.25, -0.2) is 4.79 Å². The number of halogens is 1. The van der Waals surface area contributed by atoms with Crippen molar-refractivity contribution in [2.24, 2.45) is 0 Å². The first-order valence-electron chi connectivity index (χ1n) is 6.97. The maximum absolute atomic E-state index is 11.4. The lowest BCUT2D eigenvalue weighted by Crippen LogP contribution is -2.30. The Bertz CT molecular complexity index is 670. The van der Waals surface area contributed by atoms with Crippen LogP contribution in [0.4, 0.5) is 4.79 Å². The van der Waals surface area contributed by atoms with Gasteiger partial charge < -0.3 is 9.57 Å². The third-order valence-electron chi connectivity index (χ3n) is 3.50. The van der Waals surface area contributed by atoms with E-state index in [0.29, 0.717) is 19.7 Å². The summed E-state index contributed by atoms with van der Waals surface area (Å²) in [5.74, 6) is 0. The van der Waals surface area contributed by atoms with Crippen LogP contribution in [0.2, 0.25) is 0 Å². The molecular weight excluding hydrogens is 354 g/mol. The number of fused-ring (bicyclic) bond motifs is 3. The van der Waals surface area contributed by atoms with Crippen LogP contribution in [0.5, 0.6) is 0 Å². The van der Waals surface area contributed by atoms with E-state index in [1.54, 1.807) is 12.0 Å². The van der Waals surface area contributed by atoms with Gasteiger partial charge >= 0.3 is 6.16 Å². The SMILES string of the molecule is CCOC(=O)ON1CCc2sc3ccc(Br)cc3c2CC1. The molecule has 4 nitrogen and oxygen atoms in total. The lowest BCUT2D eigenvalue weighted by atomic mass is 10.1. The molecule has 2 heterocycles. The number of ether oxygens (including phenoxy) is 1. The maximum Gasteiger partial charge on any atom is 0.527 e. The Morgan fingerprint density at radius 1 is 1.38 bits per heavy atom. The molecule has 1 aromatic heterocycles. The summed E-state index contributed by atoms with van der Waals surface area (Å²) in [5, 5.41) is 3.01. The van der Waals surface area contributed by atoms with E-state index >= 15 is 0 Å². The minimum Gasteiger partial charge on any atom is -0.433 e. The zero-order valence-corrected chi connectivity index (χ0v) is 14.1. The molecule has 0 unspecified atom stereocenters. The molecule has 1 aromatic carbocycles. The Balaban J connectivity index is 1.77. The van der Waals surface area contributed by atoms with Gasteiger partial charge in [-0.05, 0) is 48.9 Å². The average Bonchev–Trinajstić information content (AvgIpc) is 2.67. The van der Waals surface area contributed by atoms with Crippen molar-refractivity contribution < 1.29 is 14.4 Å². The molecule has 112 valence electrons. The van der Waals surface area contributed by atoms with Crippen molar-refractivity contribution in [2.45, 2.75) is 19.8 Å². The van der Waals surface area contributed by atoms with Crippen molar-refractivity contribution in [3.05, 3.63) is 33.1 Å². The number of hydroxylamine groups is 2. The summed E-state index contributed by atoms with van der Waals surface area (Å²) < 4.78 is 7.24. The molecule has 0 saturated heterocycles. The Hall–Kier alpha value is -1.11. The van der Waals surface area contributed by atoms with E-state index in [9.17, 15) is 4.79 Å². The zero-order valence-electron chi connectivity index (χ0n) is 11.7. The summed E-state index contributed by atoms with van der Waals surface area (Å²) in [6.45, 7) is 3.51. The third kappa shape index (κ3) is 3.22. The van der Waals surface area contributed by atoms with Crippen molar-refractivity contribution >= 4 is 43.5 Å². The van der Waals surface area contributed by atoms with Crippen molar-refractivity contribution in [3.63, 3.8) is 0 Å². The number of nitrogens with zero attached hydrogens (tertiary/aromatic N) is 1. The fourth-order valence-electron chi connectivity index (χ4n) is 2.56. The zero-order chi connectivity index (χ0) is 14.8. The third-order valence-corrected chi connectivity index (χ3v) is 5.27. The Morgan fingerprint density at radius 2 is 2.19 bits per heavy atom. The molecule has 0 saturated carbocycles. The van der Waals surface area contributed by atoms with Gasteiger partial charge in [-0.2, -0.15) is 0 Å². The van der Waals surface area contributed by atoms with E-state index < -0.39 is 6.16 Å². The largest absolute Gasteiger partial charge is 0.527 e. The van der Waals surface area contributed by atoms with Crippen LogP contribution in [0.25, 0.3) is 10.1 Å². The molecule has 0 spiro atoms. The maximum atomic E-state index is 11.4. The smallest absolute Gasteiger partial charge is 0.433 e. The molecule has 1 aliphatic rings. The highest BCUT2D eigenvalue weighted by Gasteiger charge is 2.21. The highest BCUT2D eigenvalue weighted by atomic mass is 79.9. The van der Waals surface area contributed by atoms with Crippen molar-refractivity contribution in [1.29, 1.82) is 0 Å². The number of hydrogen-bond acceptors (Lipinski definition) is 5. The summed E-state index contributed by atoms with van der Waals surface area (Å²) in [6.07, 6.45) is 1.16. The van der Waals surface area contributed by atoms with Gasteiger partial charge in [0.25, 0.3) is 0 Å². The number of carbonyl (C=O) groups excluding carboxylic acids is 1. The number of hydrogen-bond donors (Lipinski definition) is 0. The van der Waals surface area contributed by atoms with Gasteiger partial charge in [-0.1, -0.05) is 15.9 Å². The molecule has 6 heteroatoms. The second-order valence-electron chi connectivity index (χ2n) is 4.85. The van der Waals surface area contributed by atoms with Crippen molar-refractivity contribution in [2.75, 3.05) is 19.7 Å². The van der Waals surface area contributed by atoms with E-state index in [1.165, 1.54) is 20.5 Å². The van der Waals surface area contributed by atoms with Crippen LogP contribution in [0.3, 0.4) is 0 Å². The first kappa shape index (κ1) is 14.8. The molecule has 21 heavy (non-hydrogen) atoms. The molecule has 3 rings (SSSR count). The van der Waals surface area contributed by atoms with Crippen LogP contribution >= 0.6 is 27.3 Å². The summed E-state index contributed by atoms with van der Waals surface area (Å²) >= 11 is 5.37. The fourth-order valence-corrected chi connectivity index (χ4v) is 4.15. The Labute approximate surface area is 135 Å². The minimum atomic E-state index is -0.615. The predicted molar refractivity (Wildman–Crippen MR) is 86.6 cm³/mol. The van der Waals surface area contributed by atoms with Crippen LogP contribution in [0.1, 0.15) is 17.4 Å².